The van der Waals surface area contributed by atoms with Crippen LogP contribution in [0, 0.1) is 5.41 Å². The van der Waals surface area contributed by atoms with Crippen LogP contribution in [0.3, 0.4) is 0 Å². The van der Waals surface area contributed by atoms with E-state index in [9.17, 15) is 27.9 Å². The van der Waals surface area contributed by atoms with Gasteiger partial charge in [0.15, 0.2) is 0 Å². The molecule has 0 bridgehead atoms. The number of likely N-dealkylation sites (tertiary alicyclic amines) is 1. The maximum Gasteiger partial charge on any atom is 0.573 e. The Kier molecular flexibility index (Phi) is 3.89. The molecular weight excluding hydrogens is 341 g/mol. The highest BCUT2D eigenvalue weighted by Gasteiger charge is 2.42. The van der Waals surface area contributed by atoms with Gasteiger partial charge in [-0.2, -0.15) is 0 Å². The van der Waals surface area contributed by atoms with Gasteiger partial charge in [0.05, 0.1) is 5.41 Å². The normalized spacial score (nSPS) is 20.9. The Morgan fingerprint density at radius 1 is 1.32 bits per heavy atom. The van der Waals surface area contributed by atoms with Gasteiger partial charge in [0, 0.05) is 30.1 Å². The first-order chi connectivity index (χ1) is 11.6. The molecule has 0 aliphatic carbocycles. The fourth-order valence-corrected chi connectivity index (χ4v) is 2.90. The Morgan fingerprint density at radius 3 is 2.64 bits per heavy atom. The van der Waals surface area contributed by atoms with Crippen molar-refractivity contribution in [2.45, 2.75) is 19.7 Å². The molecule has 1 fully saturated rings. The molecule has 3 rings (SSSR count). The third kappa shape index (κ3) is 3.40. The minimum atomic E-state index is -4.80. The van der Waals surface area contributed by atoms with Gasteiger partial charge in [0.2, 0.25) is 0 Å². The van der Waals surface area contributed by atoms with Crippen molar-refractivity contribution in [3.63, 3.8) is 0 Å². The molecule has 0 saturated carbocycles. The fourth-order valence-electron chi connectivity index (χ4n) is 2.90. The van der Waals surface area contributed by atoms with Crippen LogP contribution in [0.4, 0.5) is 13.2 Å². The minimum absolute atomic E-state index is 0.0823. The molecule has 0 spiro atoms. The molecule has 2 N–H and O–H groups in total. The predicted molar refractivity (Wildman–Crippen MR) is 81.2 cm³/mol. The van der Waals surface area contributed by atoms with Crippen LogP contribution < -0.4 is 4.74 Å². The molecule has 1 aromatic carbocycles. The molecule has 9 heteroatoms. The molecule has 1 saturated heterocycles. The van der Waals surface area contributed by atoms with Gasteiger partial charge < -0.3 is 19.7 Å². The van der Waals surface area contributed by atoms with Crippen LogP contribution >= 0.6 is 0 Å². The third-order valence-electron chi connectivity index (χ3n) is 4.33. The van der Waals surface area contributed by atoms with Crippen LogP contribution in [-0.2, 0) is 4.79 Å². The second kappa shape index (κ2) is 5.68. The van der Waals surface area contributed by atoms with Gasteiger partial charge >= 0.3 is 12.3 Å². The first-order valence-electron chi connectivity index (χ1n) is 7.49. The quantitative estimate of drug-likeness (QED) is 0.886. The summed E-state index contributed by atoms with van der Waals surface area (Å²) >= 11 is 0. The van der Waals surface area contributed by atoms with Crippen molar-refractivity contribution in [1.82, 2.24) is 9.88 Å². The van der Waals surface area contributed by atoms with Crippen molar-refractivity contribution in [3.05, 3.63) is 30.0 Å². The number of carbonyl (C=O) groups is 2. The number of amides is 1. The van der Waals surface area contributed by atoms with Crippen LogP contribution in [0.5, 0.6) is 5.75 Å². The van der Waals surface area contributed by atoms with Crippen LogP contribution in [-0.4, -0.2) is 46.3 Å². The number of benzene rings is 1. The Morgan fingerprint density at radius 2 is 2.04 bits per heavy atom. The first-order valence-corrected chi connectivity index (χ1v) is 7.49. The van der Waals surface area contributed by atoms with E-state index in [1.807, 2.05) is 0 Å². The summed E-state index contributed by atoms with van der Waals surface area (Å²) in [5, 5.41) is 9.78. The van der Waals surface area contributed by atoms with E-state index < -0.39 is 17.7 Å². The number of nitrogens with one attached hydrogen (secondary N) is 1. The first kappa shape index (κ1) is 17.1. The number of hydrogen-bond acceptors (Lipinski definition) is 3. The molecule has 0 unspecified atom stereocenters. The summed E-state index contributed by atoms with van der Waals surface area (Å²) in [5.74, 6) is -1.74. The summed E-state index contributed by atoms with van der Waals surface area (Å²) in [6, 6.07) is 5.25. The number of halogens is 3. The molecule has 2 aromatic rings. The molecule has 2 heterocycles. The smallest absolute Gasteiger partial charge is 0.481 e. The minimum Gasteiger partial charge on any atom is -0.481 e. The molecule has 1 aromatic heterocycles. The number of aliphatic carboxylic acids is 1. The van der Waals surface area contributed by atoms with Gasteiger partial charge in [0.1, 0.15) is 11.4 Å². The van der Waals surface area contributed by atoms with E-state index in [1.54, 1.807) is 6.92 Å². The number of carboxylic acids is 1. The zero-order valence-corrected chi connectivity index (χ0v) is 13.2. The average Bonchev–Trinajstić information content (AvgIpc) is 3.09. The lowest BCUT2D eigenvalue weighted by Gasteiger charge is -2.19. The highest BCUT2D eigenvalue weighted by molar-refractivity contribution is 5.98. The number of aromatic nitrogens is 1. The monoisotopic (exact) mass is 356 g/mol. The van der Waals surface area contributed by atoms with E-state index in [2.05, 4.69) is 9.72 Å². The Hall–Kier alpha value is -2.71. The van der Waals surface area contributed by atoms with Crippen molar-refractivity contribution in [2.24, 2.45) is 5.41 Å². The molecule has 1 aliphatic rings. The lowest BCUT2D eigenvalue weighted by atomic mass is 9.90. The number of hydrogen-bond donors (Lipinski definition) is 2. The Bertz CT molecular complexity index is 846. The number of fused-ring (bicyclic) bond motifs is 1. The Balaban J connectivity index is 1.82. The zero-order valence-electron chi connectivity index (χ0n) is 13.2. The summed E-state index contributed by atoms with van der Waals surface area (Å²) in [4.78, 5) is 28.0. The van der Waals surface area contributed by atoms with Crippen molar-refractivity contribution >= 4 is 22.8 Å². The van der Waals surface area contributed by atoms with Crippen molar-refractivity contribution in [1.29, 1.82) is 0 Å². The molecule has 1 atom stereocenters. The topological polar surface area (TPSA) is 82.6 Å². The van der Waals surface area contributed by atoms with E-state index in [1.165, 1.54) is 17.0 Å². The summed E-state index contributed by atoms with van der Waals surface area (Å²) in [7, 11) is 0. The molecule has 0 radical (unpaired) electrons. The maximum atomic E-state index is 12.5. The number of aromatic amines is 1. The van der Waals surface area contributed by atoms with E-state index in [0.717, 1.165) is 12.1 Å². The van der Waals surface area contributed by atoms with Gasteiger partial charge in [-0.1, -0.05) is 0 Å². The van der Waals surface area contributed by atoms with Crippen molar-refractivity contribution in [3.8, 4) is 5.75 Å². The summed E-state index contributed by atoms with van der Waals surface area (Å²) in [6.45, 7) is 1.97. The number of H-pyrrole nitrogens is 1. The number of carboxylic acid groups (broad SMARTS) is 1. The number of rotatable bonds is 3. The summed E-state index contributed by atoms with van der Waals surface area (Å²) in [6.07, 6.45) is -4.45. The van der Waals surface area contributed by atoms with E-state index in [-0.39, 0.29) is 23.9 Å². The second-order valence-corrected chi connectivity index (χ2v) is 6.32. The second-order valence-electron chi connectivity index (χ2n) is 6.32. The number of alkyl halides is 3. The lowest BCUT2D eigenvalue weighted by molar-refractivity contribution is -0.274. The van der Waals surface area contributed by atoms with E-state index in [0.29, 0.717) is 23.9 Å². The molecule has 6 nitrogen and oxygen atoms in total. The van der Waals surface area contributed by atoms with Gasteiger partial charge in [-0.3, -0.25) is 9.59 Å². The zero-order chi connectivity index (χ0) is 18.4. The standard InChI is InChI=1S/C16H15F3N2O4/c1-15(14(23)24)4-5-21(8-15)13(22)12-6-9-2-3-10(7-11(9)20-12)25-16(17,18)19/h2-3,6-7,20H,4-5,8H2,1H3,(H,23,24)/t15-/m0/s1. The van der Waals surface area contributed by atoms with Crippen molar-refractivity contribution in [2.75, 3.05) is 13.1 Å². The Labute approximate surface area is 140 Å². The summed E-state index contributed by atoms with van der Waals surface area (Å²) in [5.41, 5.74) is -0.478. The van der Waals surface area contributed by atoms with Crippen LogP contribution in [0.1, 0.15) is 23.8 Å². The highest BCUT2D eigenvalue weighted by atomic mass is 19.4. The predicted octanol–water partition coefficient (Wildman–Crippen LogP) is 3.00. The molecular formula is C16H15F3N2O4. The van der Waals surface area contributed by atoms with Gasteiger partial charge in [0.25, 0.3) is 5.91 Å². The largest absolute Gasteiger partial charge is 0.573 e. The van der Waals surface area contributed by atoms with E-state index >= 15 is 0 Å². The van der Waals surface area contributed by atoms with Crippen LogP contribution in [0.25, 0.3) is 10.9 Å². The molecule has 1 aliphatic heterocycles. The number of nitrogens with zero attached hydrogens (tertiary/aromatic N) is 1. The summed E-state index contributed by atoms with van der Waals surface area (Å²) < 4.78 is 40.7. The van der Waals surface area contributed by atoms with Crippen LogP contribution in [0.2, 0.25) is 0 Å². The van der Waals surface area contributed by atoms with Gasteiger partial charge in [-0.05, 0) is 31.5 Å². The maximum absolute atomic E-state index is 12.5. The number of ether oxygens (including phenoxy) is 1. The van der Waals surface area contributed by atoms with Crippen molar-refractivity contribution < 1.29 is 32.6 Å². The highest BCUT2D eigenvalue weighted by Crippen LogP contribution is 2.32. The lowest BCUT2D eigenvalue weighted by Crippen LogP contribution is -2.35. The van der Waals surface area contributed by atoms with Gasteiger partial charge in [-0.25, -0.2) is 0 Å². The average molecular weight is 356 g/mol. The molecule has 134 valence electrons. The van der Waals surface area contributed by atoms with E-state index in [4.69, 9.17) is 0 Å². The number of carbonyl (C=O) groups excluding carboxylic acids is 1. The fraction of sp³-hybridized carbons (Fsp3) is 0.375. The molecule has 1 amide bonds. The van der Waals surface area contributed by atoms with Gasteiger partial charge in [-0.15, -0.1) is 13.2 Å². The molecule has 25 heavy (non-hydrogen) atoms. The SMILES string of the molecule is C[C@]1(C(=O)O)CCN(C(=O)c2cc3ccc(OC(F)(F)F)cc3[nH]2)C1. The third-order valence-corrected chi connectivity index (χ3v) is 4.33. The van der Waals surface area contributed by atoms with Crippen LogP contribution in [0.15, 0.2) is 24.3 Å².